The Morgan fingerprint density at radius 2 is 2.37 bits per heavy atom. The molecule has 1 saturated heterocycles. The Morgan fingerprint density at radius 3 is 3.05 bits per heavy atom. The number of rotatable bonds is 4. The Labute approximate surface area is 111 Å². The number of phenols is 1. The molecule has 1 fully saturated rings. The summed E-state index contributed by atoms with van der Waals surface area (Å²) in [5.41, 5.74) is 0.549. The number of nitrogens with one attached hydrogen (secondary N) is 1. The fraction of sp³-hybridized carbons (Fsp3) is 0.500. The van der Waals surface area contributed by atoms with Gasteiger partial charge in [0.15, 0.2) is 11.6 Å². The summed E-state index contributed by atoms with van der Waals surface area (Å²) in [7, 11) is 0. The Kier molecular flexibility index (Phi) is 4.74. The van der Waals surface area contributed by atoms with Crippen molar-refractivity contribution >= 4 is 5.91 Å². The first-order valence-corrected chi connectivity index (χ1v) is 6.47. The Balaban J connectivity index is 1.78. The number of phenolic OH excluding ortho intramolecular Hbond substituents is 1. The zero-order valence-electron chi connectivity index (χ0n) is 10.7. The van der Waals surface area contributed by atoms with Crippen LogP contribution >= 0.6 is 0 Å². The van der Waals surface area contributed by atoms with Crippen molar-refractivity contribution in [3.05, 3.63) is 29.6 Å². The normalized spacial score (nSPS) is 19.1. The smallest absolute Gasteiger partial charge is 0.224 e. The van der Waals surface area contributed by atoms with E-state index in [1.807, 2.05) is 0 Å². The van der Waals surface area contributed by atoms with Gasteiger partial charge in [0.05, 0.1) is 13.0 Å². The Hall–Kier alpha value is -1.62. The fourth-order valence-electron chi connectivity index (χ4n) is 2.13. The van der Waals surface area contributed by atoms with E-state index in [4.69, 9.17) is 9.84 Å². The highest BCUT2D eigenvalue weighted by molar-refractivity contribution is 5.78. The van der Waals surface area contributed by atoms with E-state index in [-0.39, 0.29) is 12.3 Å². The van der Waals surface area contributed by atoms with Gasteiger partial charge in [-0.2, -0.15) is 0 Å². The van der Waals surface area contributed by atoms with E-state index in [0.29, 0.717) is 24.6 Å². The molecular weight excluding hydrogens is 249 g/mol. The minimum atomic E-state index is -0.703. The van der Waals surface area contributed by atoms with Gasteiger partial charge in [0.1, 0.15) is 0 Å². The molecule has 0 saturated carbocycles. The number of carbonyl (C=O) groups is 1. The topological polar surface area (TPSA) is 58.6 Å². The third-order valence-corrected chi connectivity index (χ3v) is 3.22. The summed E-state index contributed by atoms with van der Waals surface area (Å²) in [5, 5.41) is 11.9. The van der Waals surface area contributed by atoms with E-state index < -0.39 is 11.6 Å². The summed E-state index contributed by atoms with van der Waals surface area (Å²) in [4.78, 5) is 11.7. The molecule has 5 heteroatoms. The lowest BCUT2D eigenvalue weighted by Gasteiger charge is -2.22. The van der Waals surface area contributed by atoms with Crippen molar-refractivity contribution in [1.29, 1.82) is 0 Å². The van der Waals surface area contributed by atoms with E-state index in [1.54, 1.807) is 6.07 Å². The minimum absolute atomic E-state index is 0.116. The second-order valence-corrected chi connectivity index (χ2v) is 4.85. The molecule has 1 aliphatic heterocycles. The summed E-state index contributed by atoms with van der Waals surface area (Å²) in [6.07, 6.45) is 2.21. The molecule has 1 aliphatic rings. The molecule has 0 spiro atoms. The van der Waals surface area contributed by atoms with Gasteiger partial charge in [-0.1, -0.05) is 6.07 Å². The highest BCUT2D eigenvalue weighted by Crippen LogP contribution is 2.16. The molecule has 1 aromatic rings. The third kappa shape index (κ3) is 4.21. The number of ether oxygens (including phenoxy) is 1. The lowest BCUT2D eigenvalue weighted by molar-refractivity contribution is -0.120. The van der Waals surface area contributed by atoms with E-state index in [0.717, 1.165) is 19.4 Å². The van der Waals surface area contributed by atoms with Crippen molar-refractivity contribution < 1.29 is 19.0 Å². The van der Waals surface area contributed by atoms with Gasteiger partial charge in [0.25, 0.3) is 0 Å². The minimum Gasteiger partial charge on any atom is -0.505 e. The lowest BCUT2D eigenvalue weighted by atomic mass is 10.0. The molecule has 104 valence electrons. The maximum atomic E-state index is 13.1. The quantitative estimate of drug-likeness (QED) is 0.871. The molecule has 1 atom stereocenters. The first kappa shape index (κ1) is 13.8. The molecule has 4 nitrogen and oxygen atoms in total. The van der Waals surface area contributed by atoms with Gasteiger partial charge < -0.3 is 15.2 Å². The van der Waals surface area contributed by atoms with Crippen LogP contribution in [0.1, 0.15) is 18.4 Å². The van der Waals surface area contributed by atoms with E-state index in [9.17, 15) is 9.18 Å². The van der Waals surface area contributed by atoms with Crippen molar-refractivity contribution in [2.24, 2.45) is 5.92 Å². The van der Waals surface area contributed by atoms with Crippen LogP contribution in [-0.2, 0) is 16.0 Å². The molecule has 0 aliphatic carbocycles. The fourth-order valence-corrected chi connectivity index (χ4v) is 2.13. The van der Waals surface area contributed by atoms with Gasteiger partial charge in [0.2, 0.25) is 5.91 Å². The van der Waals surface area contributed by atoms with Crippen LogP contribution in [0.2, 0.25) is 0 Å². The molecule has 2 N–H and O–H groups in total. The highest BCUT2D eigenvalue weighted by Gasteiger charge is 2.15. The maximum Gasteiger partial charge on any atom is 0.224 e. The average Bonchev–Trinajstić information content (AvgIpc) is 2.42. The molecular formula is C14H18FNO3. The van der Waals surface area contributed by atoms with Gasteiger partial charge in [-0.05, 0) is 36.5 Å². The van der Waals surface area contributed by atoms with Crippen LogP contribution in [0.15, 0.2) is 18.2 Å². The van der Waals surface area contributed by atoms with Crippen molar-refractivity contribution in [2.75, 3.05) is 19.8 Å². The van der Waals surface area contributed by atoms with Gasteiger partial charge in [-0.3, -0.25) is 4.79 Å². The van der Waals surface area contributed by atoms with Crippen LogP contribution in [-0.4, -0.2) is 30.8 Å². The molecule has 0 bridgehead atoms. The van der Waals surface area contributed by atoms with Gasteiger partial charge in [-0.15, -0.1) is 0 Å². The maximum absolute atomic E-state index is 13.1. The summed E-state index contributed by atoms with van der Waals surface area (Å²) in [6.45, 7) is 2.09. The van der Waals surface area contributed by atoms with Crippen molar-refractivity contribution in [2.45, 2.75) is 19.3 Å². The number of amides is 1. The largest absolute Gasteiger partial charge is 0.505 e. The van der Waals surface area contributed by atoms with Gasteiger partial charge >= 0.3 is 0 Å². The number of aromatic hydroxyl groups is 1. The molecule has 1 amide bonds. The Morgan fingerprint density at radius 1 is 1.53 bits per heavy atom. The molecule has 0 radical (unpaired) electrons. The SMILES string of the molecule is O=C(Cc1ccc(O)c(F)c1)NCC1CCCOC1. The number of carbonyl (C=O) groups excluding carboxylic acids is 1. The number of hydrogen-bond donors (Lipinski definition) is 2. The molecule has 1 aromatic carbocycles. The van der Waals surface area contributed by atoms with E-state index in [1.165, 1.54) is 12.1 Å². The first-order valence-electron chi connectivity index (χ1n) is 6.47. The third-order valence-electron chi connectivity index (χ3n) is 3.22. The van der Waals surface area contributed by atoms with Crippen LogP contribution in [0.25, 0.3) is 0 Å². The number of halogens is 1. The molecule has 2 rings (SSSR count). The first-order chi connectivity index (χ1) is 9.15. The summed E-state index contributed by atoms with van der Waals surface area (Å²) >= 11 is 0. The highest BCUT2D eigenvalue weighted by atomic mass is 19.1. The standard InChI is InChI=1S/C14H18FNO3/c15-12-6-10(3-4-13(12)17)7-14(18)16-8-11-2-1-5-19-9-11/h3-4,6,11,17H,1-2,5,7-9H2,(H,16,18). The van der Waals surface area contributed by atoms with Crippen LogP contribution in [0.3, 0.4) is 0 Å². The van der Waals surface area contributed by atoms with Crippen LogP contribution in [0.4, 0.5) is 4.39 Å². The average molecular weight is 267 g/mol. The zero-order valence-corrected chi connectivity index (χ0v) is 10.7. The van der Waals surface area contributed by atoms with Crippen LogP contribution in [0, 0.1) is 11.7 Å². The monoisotopic (exact) mass is 267 g/mol. The van der Waals surface area contributed by atoms with Crippen molar-refractivity contribution in [3.63, 3.8) is 0 Å². The molecule has 19 heavy (non-hydrogen) atoms. The lowest BCUT2D eigenvalue weighted by Crippen LogP contribution is -2.34. The molecule has 1 unspecified atom stereocenters. The predicted molar refractivity (Wildman–Crippen MR) is 68.3 cm³/mol. The summed E-state index contributed by atoms with van der Waals surface area (Å²) < 4.78 is 18.4. The van der Waals surface area contributed by atoms with Crippen molar-refractivity contribution in [3.8, 4) is 5.75 Å². The number of hydrogen-bond acceptors (Lipinski definition) is 3. The van der Waals surface area contributed by atoms with Crippen LogP contribution < -0.4 is 5.32 Å². The predicted octanol–water partition coefficient (Wildman–Crippen LogP) is 1.62. The van der Waals surface area contributed by atoms with Gasteiger partial charge in [-0.25, -0.2) is 4.39 Å². The second kappa shape index (κ2) is 6.52. The van der Waals surface area contributed by atoms with Crippen molar-refractivity contribution in [1.82, 2.24) is 5.32 Å². The van der Waals surface area contributed by atoms with Crippen LogP contribution in [0.5, 0.6) is 5.75 Å². The second-order valence-electron chi connectivity index (χ2n) is 4.85. The summed E-state index contributed by atoms with van der Waals surface area (Å²) in [6, 6.07) is 3.98. The Bertz CT molecular complexity index is 444. The molecule has 1 heterocycles. The summed E-state index contributed by atoms with van der Waals surface area (Å²) in [5.74, 6) is -0.876. The molecule has 0 aromatic heterocycles. The van der Waals surface area contributed by atoms with E-state index >= 15 is 0 Å². The van der Waals surface area contributed by atoms with E-state index in [2.05, 4.69) is 5.32 Å². The van der Waals surface area contributed by atoms with Gasteiger partial charge in [0, 0.05) is 13.2 Å². The zero-order chi connectivity index (χ0) is 13.7. The number of benzene rings is 1.